The number of allylic oxidation sites excluding steroid dienone is 4. The molecule has 0 heterocycles. The molecule has 0 amide bonds. The fourth-order valence-electron chi connectivity index (χ4n) is 2.70. The van der Waals surface area contributed by atoms with E-state index in [1.54, 1.807) is 0 Å². The number of aryl methyl sites for hydroxylation is 2. The van der Waals surface area contributed by atoms with Gasteiger partial charge in [-0.05, 0) is 76.5 Å². The Hall–Kier alpha value is -1.30. The molecule has 0 N–H and O–H groups in total. The van der Waals surface area contributed by atoms with Crippen LogP contribution in [-0.4, -0.2) is 0 Å². The molecular formula is C22H34. The lowest BCUT2D eigenvalue weighted by molar-refractivity contribution is 0.717. The van der Waals surface area contributed by atoms with Gasteiger partial charge in [-0.2, -0.15) is 0 Å². The van der Waals surface area contributed by atoms with Crippen LogP contribution >= 0.6 is 0 Å². The highest BCUT2D eigenvalue weighted by Crippen LogP contribution is 2.16. The molecule has 22 heavy (non-hydrogen) atoms. The molecular weight excluding hydrogens is 264 g/mol. The summed E-state index contributed by atoms with van der Waals surface area (Å²) in [5.41, 5.74) is 7.34. The van der Waals surface area contributed by atoms with Crippen molar-refractivity contribution < 1.29 is 0 Å². The molecule has 0 heteroatoms. The van der Waals surface area contributed by atoms with E-state index in [2.05, 4.69) is 65.0 Å². The van der Waals surface area contributed by atoms with E-state index in [-0.39, 0.29) is 0 Å². The molecule has 1 rings (SSSR count). The molecule has 0 saturated carbocycles. The Bertz CT molecular complexity index is 499. The molecule has 0 saturated heterocycles. The largest absolute Gasteiger partial charge is 0.0856 e. The molecule has 0 aliphatic heterocycles. The monoisotopic (exact) mass is 298 g/mol. The third-order valence-electron chi connectivity index (χ3n) is 4.24. The molecule has 0 unspecified atom stereocenters. The van der Waals surface area contributed by atoms with E-state index in [0.29, 0.717) is 0 Å². The van der Waals surface area contributed by atoms with Crippen LogP contribution in [0.3, 0.4) is 0 Å². The van der Waals surface area contributed by atoms with Crippen LogP contribution in [0.2, 0.25) is 0 Å². The summed E-state index contributed by atoms with van der Waals surface area (Å²) in [5, 5.41) is 0. The minimum absolute atomic E-state index is 1.07. The Kier molecular flexibility index (Phi) is 8.89. The van der Waals surface area contributed by atoms with Crippen molar-refractivity contribution in [3.8, 4) is 0 Å². The van der Waals surface area contributed by atoms with E-state index < -0.39 is 0 Å². The van der Waals surface area contributed by atoms with Crippen LogP contribution in [0.4, 0.5) is 0 Å². The number of unbranched alkanes of at least 4 members (excludes halogenated alkanes) is 2. The summed E-state index contributed by atoms with van der Waals surface area (Å²) in [4.78, 5) is 0. The first-order valence-electron chi connectivity index (χ1n) is 8.90. The SMILES string of the molecule is CCCCCc1ccc(C/C=C(\C)CCC=C(C)C)c(C)c1. The molecule has 0 aliphatic rings. The molecule has 0 spiro atoms. The third kappa shape index (κ3) is 7.64. The van der Waals surface area contributed by atoms with Gasteiger partial charge in [0.1, 0.15) is 0 Å². The van der Waals surface area contributed by atoms with Crippen molar-refractivity contribution in [2.45, 2.75) is 79.6 Å². The van der Waals surface area contributed by atoms with E-state index in [1.165, 1.54) is 66.4 Å². The molecule has 0 aliphatic carbocycles. The van der Waals surface area contributed by atoms with Crippen molar-refractivity contribution in [2.75, 3.05) is 0 Å². The number of benzene rings is 1. The Morgan fingerprint density at radius 1 is 1.05 bits per heavy atom. The molecule has 0 nitrogen and oxygen atoms in total. The summed E-state index contributed by atoms with van der Waals surface area (Å²) in [7, 11) is 0. The average molecular weight is 299 g/mol. The summed E-state index contributed by atoms with van der Waals surface area (Å²) in [6.45, 7) is 11.1. The van der Waals surface area contributed by atoms with Gasteiger partial charge in [-0.15, -0.1) is 0 Å². The minimum Gasteiger partial charge on any atom is -0.0856 e. The maximum absolute atomic E-state index is 2.40. The fourth-order valence-corrected chi connectivity index (χ4v) is 2.70. The van der Waals surface area contributed by atoms with Gasteiger partial charge in [-0.1, -0.05) is 61.3 Å². The van der Waals surface area contributed by atoms with Gasteiger partial charge in [0.15, 0.2) is 0 Å². The molecule has 0 aromatic heterocycles. The van der Waals surface area contributed by atoms with Crippen LogP contribution in [0.1, 0.15) is 76.5 Å². The van der Waals surface area contributed by atoms with Gasteiger partial charge in [0.2, 0.25) is 0 Å². The molecule has 0 atom stereocenters. The lowest BCUT2D eigenvalue weighted by Crippen LogP contribution is -1.92. The van der Waals surface area contributed by atoms with E-state index in [4.69, 9.17) is 0 Å². The Morgan fingerprint density at radius 2 is 1.82 bits per heavy atom. The Morgan fingerprint density at radius 3 is 2.45 bits per heavy atom. The highest BCUT2D eigenvalue weighted by Gasteiger charge is 2.00. The molecule has 0 fully saturated rings. The normalized spacial score (nSPS) is 11.6. The minimum atomic E-state index is 1.07. The van der Waals surface area contributed by atoms with Gasteiger partial charge in [-0.25, -0.2) is 0 Å². The number of hydrogen-bond acceptors (Lipinski definition) is 0. The van der Waals surface area contributed by atoms with Crippen LogP contribution in [0.5, 0.6) is 0 Å². The predicted octanol–water partition coefficient (Wildman–Crippen LogP) is 6.96. The van der Waals surface area contributed by atoms with Crippen molar-refractivity contribution in [3.63, 3.8) is 0 Å². The van der Waals surface area contributed by atoms with Crippen LogP contribution in [0.25, 0.3) is 0 Å². The standard InChI is InChI=1S/C22H34/c1-6-7-8-12-21-14-16-22(20(5)17-21)15-13-19(4)11-9-10-18(2)3/h10,13-14,16-17H,6-9,11-12,15H2,1-5H3/b19-13+. The van der Waals surface area contributed by atoms with E-state index in [0.717, 1.165) is 6.42 Å². The molecule has 0 bridgehead atoms. The Labute approximate surface area is 138 Å². The van der Waals surface area contributed by atoms with Crippen LogP contribution in [-0.2, 0) is 12.8 Å². The van der Waals surface area contributed by atoms with Gasteiger partial charge in [0.05, 0.1) is 0 Å². The maximum Gasteiger partial charge on any atom is -0.00922 e. The number of rotatable bonds is 9. The van der Waals surface area contributed by atoms with Crippen molar-refractivity contribution in [1.82, 2.24) is 0 Å². The van der Waals surface area contributed by atoms with Gasteiger partial charge in [0.25, 0.3) is 0 Å². The first-order valence-corrected chi connectivity index (χ1v) is 8.90. The second-order valence-corrected chi connectivity index (χ2v) is 6.79. The summed E-state index contributed by atoms with van der Waals surface area (Å²) in [6.07, 6.45) is 13.3. The predicted molar refractivity (Wildman–Crippen MR) is 101 cm³/mol. The highest BCUT2D eigenvalue weighted by atomic mass is 14.1. The van der Waals surface area contributed by atoms with E-state index in [9.17, 15) is 0 Å². The number of hydrogen-bond donors (Lipinski definition) is 0. The Balaban J connectivity index is 2.53. The fraction of sp³-hybridized carbons (Fsp3) is 0.545. The topological polar surface area (TPSA) is 0 Å². The van der Waals surface area contributed by atoms with Gasteiger partial charge < -0.3 is 0 Å². The highest BCUT2D eigenvalue weighted by molar-refractivity contribution is 5.33. The quantitative estimate of drug-likeness (QED) is 0.341. The van der Waals surface area contributed by atoms with Gasteiger partial charge >= 0.3 is 0 Å². The zero-order valence-electron chi connectivity index (χ0n) is 15.3. The third-order valence-corrected chi connectivity index (χ3v) is 4.24. The average Bonchev–Trinajstić information content (AvgIpc) is 2.46. The van der Waals surface area contributed by atoms with Crippen LogP contribution in [0, 0.1) is 6.92 Å². The maximum atomic E-state index is 2.40. The first-order chi connectivity index (χ1) is 10.5. The smallest absolute Gasteiger partial charge is 0.00922 e. The van der Waals surface area contributed by atoms with Crippen molar-refractivity contribution in [3.05, 3.63) is 58.2 Å². The lowest BCUT2D eigenvalue weighted by atomic mass is 9.98. The van der Waals surface area contributed by atoms with Crippen LogP contribution < -0.4 is 0 Å². The second-order valence-electron chi connectivity index (χ2n) is 6.79. The zero-order chi connectivity index (χ0) is 16.4. The summed E-state index contributed by atoms with van der Waals surface area (Å²) >= 11 is 0. The van der Waals surface area contributed by atoms with Crippen molar-refractivity contribution in [2.24, 2.45) is 0 Å². The van der Waals surface area contributed by atoms with Crippen molar-refractivity contribution >= 4 is 0 Å². The lowest BCUT2D eigenvalue weighted by Gasteiger charge is -2.08. The summed E-state index contributed by atoms with van der Waals surface area (Å²) < 4.78 is 0. The van der Waals surface area contributed by atoms with E-state index in [1.807, 2.05) is 0 Å². The summed E-state index contributed by atoms with van der Waals surface area (Å²) in [5.74, 6) is 0. The van der Waals surface area contributed by atoms with Crippen LogP contribution in [0.15, 0.2) is 41.5 Å². The summed E-state index contributed by atoms with van der Waals surface area (Å²) in [6, 6.07) is 7.04. The molecule has 0 radical (unpaired) electrons. The second kappa shape index (κ2) is 10.4. The van der Waals surface area contributed by atoms with E-state index >= 15 is 0 Å². The molecule has 122 valence electrons. The van der Waals surface area contributed by atoms with Crippen molar-refractivity contribution in [1.29, 1.82) is 0 Å². The van der Waals surface area contributed by atoms with Gasteiger partial charge in [0, 0.05) is 0 Å². The van der Waals surface area contributed by atoms with Gasteiger partial charge in [-0.3, -0.25) is 0 Å². The zero-order valence-corrected chi connectivity index (χ0v) is 15.3. The molecule has 1 aromatic rings. The molecule has 1 aromatic carbocycles. The first kappa shape index (κ1) is 18.7.